The number of carbonyl (C=O) groups excluding carboxylic acids is 1. The Kier molecular flexibility index (Phi) is 5.11. The van der Waals surface area contributed by atoms with Crippen LogP contribution in [0.1, 0.15) is 35.8 Å². The third kappa shape index (κ3) is 3.74. The number of hydrogen-bond donors (Lipinski definition) is 1. The normalized spacial score (nSPS) is 17.8. The second-order valence-electron chi connectivity index (χ2n) is 6.14. The monoisotopic (exact) mass is 325 g/mol. The number of ether oxygens (including phenoxy) is 1. The van der Waals surface area contributed by atoms with Crippen molar-refractivity contribution in [3.63, 3.8) is 0 Å². The van der Waals surface area contributed by atoms with E-state index >= 15 is 0 Å². The van der Waals surface area contributed by atoms with Gasteiger partial charge in [0, 0.05) is 17.7 Å². The Labute approximate surface area is 142 Å². The summed E-state index contributed by atoms with van der Waals surface area (Å²) in [6, 6.07) is 14.3. The number of methoxy groups -OCH3 is 1. The molecular weight excluding hydrogens is 302 g/mol. The second-order valence-corrected chi connectivity index (χ2v) is 6.14. The number of aromatic nitrogens is 1. The average Bonchev–Trinajstić information content (AvgIpc) is 3.03. The maximum atomic E-state index is 11.3. The Morgan fingerprint density at radius 1 is 1.29 bits per heavy atom. The van der Waals surface area contributed by atoms with Crippen molar-refractivity contribution in [1.29, 1.82) is 0 Å². The van der Waals surface area contributed by atoms with Gasteiger partial charge in [0.15, 0.2) is 0 Å². The van der Waals surface area contributed by atoms with Gasteiger partial charge in [-0.15, -0.1) is 0 Å². The molecule has 1 aliphatic rings. The lowest BCUT2D eigenvalue weighted by molar-refractivity contribution is -0.119. The van der Waals surface area contributed by atoms with Crippen molar-refractivity contribution in [2.75, 3.05) is 20.2 Å². The Morgan fingerprint density at radius 3 is 2.92 bits per heavy atom. The van der Waals surface area contributed by atoms with Crippen LogP contribution in [0.25, 0.3) is 0 Å². The van der Waals surface area contributed by atoms with E-state index in [0.717, 1.165) is 48.5 Å². The quantitative estimate of drug-likeness (QED) is 0.885. The van der Waals surface area contributed by atoms with Crippen LogP contribution in [0.5, 0.6) is 5.75 Å². The van der Waals surface area contributed by atoms with Crippen LogP contribution in [0.2, 0.25) is 0 Å². The summed E-state index contributed by atoms with van der Waals surface area (Å²) in [4.78, 5) is 18.2. The number of likely N-dealkylation sites (tertiary alicyclic amines) is 1. The van der Waals surface area contributed by atoms with Crippen molar-refractivity contribution in [2.24, 2.45) is 5.73 Å². The van der Waals surface area contributed by atoms with Crippen molar-refractivity contribution in [1.82, 2.24) is 9.88 Å². The van der Waals surface area contributed by atoms with Crippen molar-refractivity contribution < 1.29 is 9.53 Å². The number of hydrogen-bond acceptors (Lipinski definition) is 4. The van der Waals surface area contributed by atoms with E-state index in [0.29, 0.717) is 6.54 Å². The van der Waals surface area contributed by atoms with Gasteiger partial charge in [-0.05, 0) is 37.6 Å². The van der Waals surface area contributed by atoms with E-state index in [4.69, 9.17) is 15.5 Å². The van der Waals surface area contributed by atoms with Gasteiger partial charge in [0.25, 0.3) is 0 Å². The molecule has 2 aromatic rings. The third-order valence-electron chi connectivity index (χ3n) is 4.46. The summed E-state index contributed by atoms with van der Waals surface area (Å²) in [6.45, 7) is 1.19. The minimum atomic E-state index is -0.285. The Balaban J connectivity index is 1.80. The zero-order valence-electron chi connectivity index (χ0n) is 13.9. The van der Waals surface area contributed by atoms with Gasteiger partial charge >= 0.3 is 0 Å². The minimum Gasteiger partial charge on any atom is -0.496 e. The third-order valence-corrected chi connectivity index (χ3v) is 4.46. The lowest BCUT2D eigenvalue weighted by atomic mass is 10.1. The summed E-state index contributed by atoms with van der Waals surface area (Å²) in [7, 11) is 1.68. The first-order chi connectivity index (χ1) is 11.7. The van der Waals surface area contributed by atoms with Gasteiger partial charge in [-0.1, -0.05) is 24.3 Å². The number of carbonyl (C=O) groups is 1. The zero-order valence-corrected chi connectivity index (χ0v) is 13.9. The Morgan fingerprint density at radius 2 is 2.12 bits per heavy atom. The molecule has 0 spiro atoms. The highest BCUT2D eigenvalue weighted by atomic mass is 16.5. The molecule has 1 fully saturated rings. The standard InChI is InChI=1S/C19H23N3O2/c1-24-18-10-3-2-6-14(18)12-15-7-4-8-16(21-15)17-9-5-11-22(17)13-19(20)23/h2-4,6-8,10,17H,5,9,11-13H2,1H3,(H2,20,23)/t17-/m1/s1. The molecule has 1 aliphatic heterocycles. The van der Waals surface area contributed by atoms with E-state index in [1.807, 2.05) is 36.4 Å². The fraction of sp³-hybridized carbons (Fsp3) is 0.368. The summed E-state index contributed by atoms with van der Waals surface area (Å²) < 4.78 is 5.42. The smallest absolute Gasteiger partial charge is 0.231 e. The molecule has 3 rings (SSSR count). The summed E-state index contributed by atoms with van der Waals surface area (Å²) in [6.07, 6.45) is 2.80. The highest BCUT2D eigenvalue weighted by molar-refractivity contribution is 5.76. The summed E-state index contributed by atoms with van der Waals surface area (Å²) in [5, 5.41) is 0. The van der Waals surface area contributed by atoms with E-state index in [9.17, 15) is 4.79 Å². The van der Waals surface area contributed by atoms with Gasteiger partial charge < -0.3 is 10.5 Å². The number of benzene rings is 1. The van der Waals surface area contributed by atoms with E-state index in [-0.39, 0.29) is 11.9 Å². The molecule has 0 bridgehead atoms. The molecule has 24 heavy (non-hydrogen) atoms. The Hall–Kier alpha value is -2.40. The van der Waals surface area contributed by atoms with Gasteiger partial charge in [-0.3, -0.25) is 14.7 Å². The number of pyridine rings is 1. The lowest BCUT2D eigenvalue weighted by Crippen LogP contribution is -2.33. The number of nitrogens with two attached hydrogens (primary N) is 1. The van der Waals surface area contributed by atoms with Crippen LogP contribution >= 0.6 is 0 Å². The number of para-hydroxylation sites is 1. The van der Waals surface area contributed by atoms with Crippen LogP contribution in [0.15, 0.2) is 42.5 Å². The molecule has 0 saturated carbocycles. The van der Waals surface area contributed by atoms with E-state index in [1.54, 1.807) is 7.11 Å². The van der Waals surface area contributed by atoms with Crippen LogP contribution in [0.3, 0.4) is 0 Å². The van der Waals surface area contributed by atoms with Crippen LogP contribution in [0, 0.1) is 0 Å². The summed E-state index contributed by atoms with van der Waals surface area (Å²) in [5.41, 5.74) is 8.50. The number of nitrogens with zero attached hydrogens (tertiary/aromatic N) is 2. The van der Waals surface area contributed by atoms with Crippen molar-refractivity contribution >= 4 is 5.91 Å². The molecule has 1 amide bonds. The lowest BCUT2D eigenvalue weighted by Gasteiger charge is -2.22. The summed E-state index contributed by atoms with van der Waals surface area (Å²) in [5.74, 6) is 0.591. The molecule has 5 nitrogen and oxygen atoms in total. The van der Waals surface area contributed by atoms with Crippen molar-refractivity contribution in [3.8, 4) is 5.75 Å². The highest BCUT2D eigenvalue weighted by Crippen LogP contribution is 2.30. The summed E-state index contributed by atoms with van der Waals surface area (Å²) >= 11 is 0. The molecular formula is C19H23N3O2. The van der Waals surface area contributed by atoms with Gasteiger partial charge in [0.05, 0.1) is 25.4 Å². The first-order valence-electron chi connectivity index (χ1n) is 8.27. The first kappa shape index (κ1) is 16.5. The highest BCUT2D eigenvalue weighted by Gasteiger charge is 2.28. The fourth-order valence-corrected chi connectivity index (χ4v) is 3.38. The number of primary amides is 1. The number of rotatable bonds is 6. The predicted molar refractivity (Wildman–Crippen MR) is 92.8 cm³/mol. The molecule has 2 N–H and O–H groups in total. The molecule has 2 heterocycles. The van der Waals surface area contributed by atoms with Crippen LogP contribution < -0.4 is 10.5 Å². The minimum absolute atomic E-state index is 0.176. The van der Waals surface area contributed by atoms with E-state index < -0.39 is 0 Å². The first-order valence-corrected chi connectivity index (χ1v) is 8.27. The van der Waals surface area contributed by atoms with Gasteiger partial charge in [-0.2, -0.15) is 0 Å². The maximum absolute atomic E-state index is 11.3. The topological polar surface area (TPSA) is 68.5 Å². The van der Waals surface area contributed by atoms with Gasteiger partial charge in [0.2, 0.25) is 5.91 Å². The maximum Gasteiger partial charge on any atom is 0.231 e. The molecule has 1 aromatic carbocycles. The molecule has 0 aliphatic carbocycles. The van der Waals surface area contributed by atoms with Gasteiger partial charge in [0.1, 0.15) is 5.75 Å². The van der Waals surface area contributed by atoms with Crippen LogP contribution in [0.4, 0.5) is 0 Å². The SMILES string of the molecule is COc1ccccc1Cc1cccc([C@H]2CCCN2CC(N)=O)n1. The number of amides is 1. The zero-order chi connectivity index (χ0) is 16.9. The molecule has 0 unspecified atom stereocenters. The molecule has 1 saturated heterocycles. The largest absolute Gasteiger partial charge is 0.496 e. The fourth-order valence-electron chi connectivity index (χ4n) is 3.38. The van der Waals surface area contributed by atoms with Gasteiger partial charge in [-0.25, -0.2) is 0 Å². The molecule has 1 atom stereocenters. The van der Waals surface area contributed by atoms with Crippen LogP contribution in [-0.2, 0) is 11.2 Å². The van der Waals surface area contributed by atoms with Crippen LogP contribution in [-0.4, -0.2) is 36.0 Å². The van der Waals surface area contributed by atoms with E-state index in [2.05, 4.69) is 11.0 Å². The molecule has 0 radical (unpaired) electrons. The molecule has 1 aromatic heterocycles. The second kappa shape index (κ2) is 7.45. The van der Waals surface area contributed by atoms with Crippen molar-refractivity contribution in [2.45, 2.75) is 25.3 Å². The Bertz CT molecular complexity index is 717. The van der Waals surface area contributed by atoms with Crippen molar-refractivity contribution in [3.05, 3.63) is 59.4 Å². The average molecular weight is 325 g/mol. The molecule has 126 valence electrons. The predicted octanol–water partition coefficient (Wildman–Crippen LogP) is 2.30. The van der Waals surface area contributed by atoms with E-state index in [1.165, 1.54) is 0 Å². The molecule has 5 heteroatoms.